The molecule has 1 rings (SSSR count). The molecular formula is C12H18ClNO2S. The number of sulfone groups is 1. The Morgan fingerprint density at radius 3 is 2.53 bits per heavy atom. The molecule has 0 radical (unpaired) electrons. The van der Waals surface area contributed by atoms with Crippen LogP contribution in [0.5, 0.6) is 0 Å². The van der Waals surface area contributed by atoms with Gasteiger partial charge in [-0.25, -0.2) is 8.42 Å². The number of benzene rings is 1. The Morgan fingerprint density at radius 1 is 1.41 bits per heavy atom. The first kappa shape index (κ1) is 14.5. The minimum absolute atomic E-state index is 0.0836. The lowest BCUT2D eigenvalue weighted by atomic mass is 10.1. The zero-order valence-corrected chi connectivity index (χ0v) is 11.9. The van der Waals surface area contributed by atoms with E-state index < -0.39 is 9.84 Å². The van der Waals surface area contributed by atoms with E-state index in [4.69, 9.17) is 11.6 Å². The van der Waals surface area contributed by atoms with E-state index in [0.29, 0.717) is 11.6 Å². The fourth-order valence-electron chi connectivity index (χ4n) is 1.65. The summed E-state index contributed by atoms with van der Waals surface area (Å²) in [6, 6.07) is 5.45. The number of aryl methyl sites for hydroxylation is 1. The van der Waals surface area contributed by atoms with Crippen LogP contribution < -0.4 is 5.32 Å². The molecule has 0 spiro atoms. The molecule has 0 aliphatic heterocycles. The lowest BCUT2D eigenvalue weighted by Crippen LogP contribution is -2.27. The van der Waals surface area contributed by atoms with Gasteiger partial charge in [-0.1, -0.05) is 30.7 Å². The summed E-state index contributed by atoms with van der Waals surface area (Å²) in [6.45, 7) is 4.59. The Bertz CT molecular complexity index is 485. The third-order valence-corrected chi connectivity index (χ3v) is 3.86. The first-order valence-electron chi connectivity index (χ1n) is 5.50. The molecule has 3 nitrogen and oxygen atoms in total. The van der Waals surface area contributed by atoms with Crippen LogP contribution in [0.2, 0.25) is 5.02 Å². The molecule has 0 amide bonds. The molecule has 96 valence electrons. The molecule has 1 aromatic rings. The van der Waals surface area contributed by atoms with Crippen molar-refractivity contribution >= 4 is 21.4 Å². The maximum atomic E-state index is 11.4. The molecule has 0 heterocycles. The van der Waals surface area contributed by atoms with Gasteiger partial charge in [-0.2, -0.15) is 0 Å². The number of nitrogens with one attached hydrogen (secondary N) is 1. The molecule has 1 N–H and O–H groups in total. The predicted octanol–water partition coefficient (Wildman–Crippen LogP) is 2.34. The number of rotatable bonds is 5. The van der Waals surface area contributed by atoms with E-state index in [-0.39, 0.29) is 11.8 Å². The highest BCUT2D eigenvalue weighted by atomic mass is 35.5. The van der Waals surface area contributed by atoms with E-state index in [0.717, 1.165) is 11.1 Å². The third kappa shape index (κ3) is 4.66. The van der Waals surface area contributed by atoms with E-state index in [1.165, 1.54) is 6.26 Å². The second-order valence-electron chi connectivity index (χ2n) is 4.21. The van der Waals surface area contributed by atoms with Gasteiger partial charge in [0.05, 0.1) is 5.75 Å². The molecule has 17 heavy (non-hydrogen) atoms. The molecule has 0 saturated carbocycles. The lowest BCUT2D eigenvalue weighted by Gasteiger charge is -2.18. The maximum absolute atomic E-state index is 11.4. The molecule has 1 aromatic carbocycles. The van der Waals surface area contributed by atoms with Gasteiger partial charge < -0.3 is 5.32 Å². The summed E-state index contributed by atoms with van der Waals surface area (Å²) < 4.78 is 22.7. The minimum atomic E-state index is -3.02. The number of halogens is 1. The van der Waals surface area contributed by atoms with Gasteiger partial charge in [0, 0.05) is 17.3 Å². The van der Waals surface area contributed by atoms with Crippen molar-refractivity contribution in [2.45, 2.75) is 19.9 Å². The summed E-state index contributed by atoms with van der Waals surface area (Å²) in [5, 5.41) is 3.83. The van der Waals surface area contributed by atoms with Crippen LogP contribution in [-0.2, 0) is 9.84 Å². The van der Waals surface area contributed by atoms with Gasteiger partial charge in [-0.3, -0.25) is 0 Å². The normalized spacial score (nSPS) is 13.6. The summed E-state index contributed by atoms with van der Waals surface area (Å²) >= 11 is 6.05. The molecule has 0 saturated heterocycles. The van der Waals surface area contributed by atoms with Gasteiger partial charge in [-0.15, -0.1) is 0 Å². The topological polar surface area (TPSA) is 46.2 Å². The second kappa shape index (κ2) is 5.85. The smallest absolute Gasteiger partial charge is 0.149 e. The zero-order chi connectivity index (χ0) is 13.1. The van der Waals surface area contributed by atoms with Crippen LogP contribution in [-0.4, -0.2) is 27.0 Å². The summed E-state index contributed by atoms with van der Waals surface area (Å²) in [7, 11) is -3.02. The largest absolute Gasteiger partial charge is 0.309 e. The van der Waals surface area contributed by atoms with Crippen molar-refractivity contribution in [2.75, 3.05) is 18.6 Å². The van der Waals surface area contributed by atoms with E-state index in [1.807, 2.05) is 32.0 Å². The van der Waals surface area contributed by atoms with Gasteiger partial charge in [0.25, 0.3) is 0 Å². The molecule has 0 aliphatic rings. The molecule has 1 unspecified atom stereocenters. The van der Waals surface area contributed by atoms with Crippen LogP contribution in [0.25, 0.3) is 0 Å². The van der Waals surface area contributed by atoms with Crippen LogP contribution in [0, 0.1) is 6.92 Å². The molecule has 0 bridgehead atoms. The molecule has 0 aromatic heterocycles. The predicted molar refractivity (Wildman–Crippen MR) is 72.3 cm³/mol. The SMILES string of the molecule is CCNC(CS(C)(=O)=O)c1ccc(C)c(Cl)c1. The van der Waals surface area contributed by atoms with Crippen molar-refractivity contribution in [3.8, 4) is 0 Å². The average Bonchev–Trinajstić information content (AvgIpc) is 2.19. The first-order valence-corrected chi connectivity index (χ1v) is 7.94. The summed E-state index contributed by atoms with van der Waals surface area (Å²) in [4.78, 5) is 0. The van der Waals surface area contributed by atoms with Crippen molar-refractivity contribution < 1.29 is 8.42 Å². The Kier molecular flexibility index (Phi) is 4.98. The molecule has 5 heteroatoms. The van der Waals surface area contributed by atoms with Crippen molar-refractivity contribution in [1.29, 1.82) is 0 Å². The van der Waals surface area contributed by atoms with Crippen molar-refractivity contribution in [3.63, 3.8) is 0 Å². The van der Waals surface area contributed by atoms with Gasteiger partial charge >= 0.3 is 0 Å². The molecule has 1 atom stereocenters. The Balaban J connectivity index is 3.01. The standard InChI is InChI=1S/C12H18ClNO2S/c1-4-14-12(8-17(3,15)16)10-6-5-9(2)11(13)7-10/h5-7,12,14H,4,8H2,1-3H3. The van der Waals surface area contributed by atoms with Crippen LogP contribution in [0.1, 0.15) is 24.1 Å². The van der Waals surface area contributed by atoms with Crippen molar-refractivity contribution in [1.82, 2.24) is 5.32 Å². The molecule has 0 aliphatic carbocycles. The Labute approximate surface area is 108 Å². The third-order valence-electron chi connectivity index (χ3n) is 2.52. The molecule has 0 fully saturated rings. The highest BCUT2D eigenvalue weighted by Gasteiger charge is 2.16. The molecular weight excluding hydrogens is 258 g/mol. The second-order valence-corrected chi connectivity index (χ2v) is 6.80. The van der Waals surface area contributed by atoms with Gasteiger partial charge in [0.2, 0.25) is 0 Å². The van der Waals surface area contributed by atoms with Gasteiger partial charge in [0.15, 0.2) is 0 Å². The van der Waals surface area contributed by atoms with Crippen molar-refractivity contribution in [3.05, 3.63) is 34.3 Å². The fourth-order valence-corrected chi connectivity index (χ4v) is 2.75. The zero-order valence-electron chi connectivity index (χ0n) is 10.3. The monoisotopic (exact) mass is 275 g/mol. The number of hydrogen-bond donors (Lipinski definition) is 1. The highest BCUT2D eigenvalue weighted by molar-refractivity contribution is 7.90. The summed E-state index contributed by atoms with van der Waals surface area (Å²) in [5.74, 6) is 0.0836. The van der Waals surface area contributed by atoms with E-state index >= 15 is 0 Å². The Hall–Kier alpha value is -0.580. The fraction of sp³-hybridized carbons (Fsp3) is 0.500. The van der Waals surface area contributed by atoms with E-state index in [9.17, 15) is 8.42 Å². The van der Waals surface area contributed by atoms with Crippen LogP contribution in [0.3, 0.4) is 0 Å². The van der Waals surface area contributed by atoms with E-state index in [1.54, 1.807) is 0 Å². The number of hydrogen-bond acceptors (Lipinski definition) is 3. The van der Waals surface area contributed by atoms with E-state index in [2.05, 4.69) is 5.32 Å². The first-order chi connectivity index (χ1) is 7.83. The van der Waals surface area contributed by atoms with Gasteiger partial charge in [-0.05, 0) is 30.7 Å². The van der Waals surface area contributed by atoms with Crippen LogP contribution in [0.15, 0.2) is 18.2 Å². The Morgan fingerprint density at radius 2 is 2.06 bits per heavy atom. The van der Waals surface area contributed by atoms with Gasteiger partial charge in [0.1, 0.15) is 9.84 Å². The summed E-state index contributed by atoms with van der Waals surface area (Å²) in [5.41, 5.74) is 1.90. The lowest BCUT2D eigenvalue weighted by molar-refractivity contribution is 0.563. The van der Waals surface area contributed by atoms with Crippen molar-refractivity contribution in [2.24, 2.45) is 0 Å². The minimum Gasteiger partial charge on any atom is -0.309 e. The highest BCUT2D eigenvalue weighted by Crippen LogP contribution is 2.22. The average molecular weight is 276 g/mol. The van der Waals surface area contributed by atoms with Crippen LogP contribution >= 0.6 is 11.6 Å². The quantitative estimate of drug-likeness (QED) is 0.897. The summed E-state index contributed by atoms with van der Waals surface area (Å²) in [6.07, 6.45) is 1.24. The maximum Gasteiger partial charge on any atom is 0.149 e. The van der Waals surface area contributed by atoms with Crippen LogP contribution in [0.4, 0.5) is 0 Å².